The van der Waals surface area contributed by atoms with E-state index in [4.69, 9.17) is 8.83 Å². The largest absolute Gasteiger partial charge is 0.456 e. The zero-order valence-electron chi connectivity index (χ0n) is 29.4. The van der Waals surface area contributed by atoms with Crippen LogP contribution in [-0.4, -0.2) is 11.5 Å². The Morgan fingerprint density at radius 3 is 1.91 bits per heavy atom. The number of furan rings is 2. The molecule has 3 nitrogen and oxygen atoms in total. The van der Waals surface area contributed by atoms with E-state index >= 15 is 0 Å². The third-order valence-corrected chi connectivity index (χ3v) is 11.9. The van der Waals surface area contributed by atoms with Gasteiger partial charge in [-0.1, -0.05) is 109 Å². The molecule has 4 heteroatoms. The number of rotatable bonds is 7. The van der Waals surface area contributed by atoms with Crippen molar-refractivity contribution in [3.05, 3.63) is 175 Å². The van der Waals surface area contributed by atoms with Crippen LogP contribution >= 0.6 is 11.8 Å². The van der Waals surface area contributed by atoms with Crippen molar-refractivity contribution in [2.75, 3.05) is 11.2 Å². The van der Waals surface area contributed by atoms with Crippen molar-refractivity contribution in [1.29, 1.82) is 0 Å². The Morgan fingerprint density at radius 2 is 1.15 bits per heavy atom. The van der Waals surface area contributed by atoms with E-state index in [-0.39, 0.29) is 0 Å². The maximum absolute atomic E-state index is 6.67. The molecular formula is C49H37NO2S. The van der Waals surface area contributed by atoms with Gasteiger partial charge < -0.3 is 13.7 Å². The number of nitrogens with zero attached hydrogens (tertiary/aromatic N) is 1. The molecule has 2 atom stereocenters. The van der Waals surface area contributed by atoms with Gasteiger partial charge in [0.1, 0.15) is 22.3 Å². The van der Waals surface area contributed by atoms with E-state index in [1.165, 1.54) is 23.1 Å². The molecule has 0 amide bonds. The second-order valence-corrected chi connectivity index (χ2v) is 14.9. The second kappa shape index (κ2) is 13.2. The second-order valence-electron chi connectivity index (χ2n) is 13.9. The van der Waals surface area contributed by atoms with Gasteiger partial charge in [0, 0.05) is 49.4 Å². The maximum atomic E-state index is 6.67. The molecule has 1 aliphatic rings. The average Bonchev–Trinajstić information content (AvgIpc) is 3.80. The van der Waals surface area contributed by atoms with Crippen molar-refractivity contribution in [2.24, 2.45) is 0 Å². The lowest BCUT2D eigenvalue weighted by Gasteiger charge is -2.29. The molecule has 0 N–H and O–H groups in total. The van der Waals surface area contributed by atoms with Gasteiger partial charge in [-0.2, -0.15) is 11.8 Å². The first kappa shape index (κ1) is 31.7. The average molecular weight is 704 g/mol. The number of anilines is 3. The molecule has 2 unspecified atom stereocenters. The third kappa shape index (κ3) is 5.62. The number of thioether (sulfide) groups is 1. The Bertz CT molecular complexity index is 2780. The number of para-hydroxylation sites is 2. The van der Waals surface area contributed by atoms with Gasteiger partial charge in [0.2, 0.25) is 0 Å². The Labute approximate surface area is 313 Å². The monoisotopic (exact) mass is 703 g/mol. The van der Waals surface area contributed by atoms with Crippen molar-refractivity contribution in [1.82, 2.24) is 0 Å². The SMILES string of the molecule is CSC1C=CCCC1c1ccc(N(c2ccc(-c3ccccc3)cc2)c2cc(-c3ccc4c(c3)oc3ccccc34)c3oc4ccccc4c3c2)cc1. The first-order chi connectivity index (χ1) is 26.2. The highest BCUT2D eigenvalue weighted by Gasteiger charge is 2.24. The van der Waals surface area contributed by atoms with Crippen LogP contribution in [0, 0.1) is 0 Å². The van der Waals surface area contributed by atoms with E-state index < -0.39 is 0 Å². The molecule has 256 valence electrons. The van der Waals surface area contributed by atoms with E-state index in [1.54, 1.807) is 0 Å². The quantitative estimate of drug-likeness (QED) is 0.155. The summed E-state index contributed by atoms with van der Waals surface area (Å²) < 4.78 is 13.0. The molecule has 9 aromatic rings. The van der Waals surface area contributed by atoms with Crippen molar-refractivity contribution in [3.63, 3.8) is 0 Å². The Hall–Kier alpha value is -5.97. The number of allylic oxidation sites excluding steroid dienone is 1. The van der Waals surface area contributed by atoms with Gasteiger partial charge in [0.25, 0.3) is 0 Å². The van der Waals surface area contributed by atoms with Crippen LogP contribution in [0.15, 0.2) is 179 Å². The number of hydrogen-bond acceptors (Lipinski definition) is 4. The molecule has 0 spiro atoms. The molecule has 0 aliphatic heterocycles. The zero-order chi connectivity index (χ0) is 35.3. The first-order valence-electron chi connectivity index (χ1n) is 18.3. The molecule has 0 bridgehead atoms. The van der Waals surface area contributed by atoms with Crippen LogP contribution in [0.2, 0.25) is 0 Å². The van der Waals surface area contributed by atoms with Crippen LogP contribution in [0.25, 0.3) is 66.1 Å². The topological polar surface area (TPSA) is 29.5 Å². The molecule has 2 aromatic heterocycles. The molecule has 1 aliphatic carbocycles. The molecule has 0 saturated heterocycles. The van der Waals surface area contributed by atoms with E-state index in [0.29, 0.717) is 11.2 Å². The van der Waals surface area contributed by atoms with E-state index in [1.807, 2.05) is 30.0 Å². The van der Waals surface area contributed by atoms with E-state index in [0.717, 1.165) is 78.5 Å². The van der Waals surface area contributed by atoms with Crippen LogP contribution in [-0.2, 0) is 0 Å². The fourth-order valence-corrected chi connectivity index (χ4v) is 9.09. The molecule has 7 aromatic carbocycles. The van der Waals surface area contributed by atoms with Crippen molar-refractivity contribution in [2.45, 2.75) is 24.0 Å². The highest BCUT2D eigenvalue weighted by Crippen LogP contribution is 2.45. The van der Waals surface area contributed by atoms with Crippen LogP contribution in [0.1, 0.15) is 24.3 Å². The van der Waals surface area contributed by atoms with Gasteiger partial charge in [-0.25, -0.2) is 0 Å². The zero-order valence-corrected chi connectivity index (χ0v) is 30.2. The summed E-state index contributed by atoms with van der Waals surface area (Å²) in [6, 6.07) is 56.5. The summed E-state index contributed by atoms with van der Waals surface area (Å²) in [5.74, 6) is 0.510. The van der Waals surface area contributed by atoms with Crippen molar-refractivity contribution < 1.29 is 8.83 Å². The van der Waals surface area contributed by atoms with Gasteiger partial charge in [-0.3, -0.25) is 0 Å². The normalized spacial score (nSPS) is 15.9. The Balaban J connectivity index is 1.17. The number of fused-ring (bicyclic) bond motifs is 6. The summed E-state index contributed by atoms with van der Waals surface area (Å²) in [6.45, 7) is 0. The molecular weight excluding hydrogens is 667 g/mol. The standard InChI is InChI=1S/C49H37NO2S/c1-53-48-18-10-7-13-39(48)34-21-26-37(27-22-34)50(36-24-19-33(20-25-36)32-11-3-2-4-12-32)38-30-43(49-44(31-38)41-15-6-9-17-46(41)52-49)35-23-28-42-40-14-5-8-16-45(40)51-47(42)29-35/h2-6,8-12,14-31,39,48H,7,13H2,1H3. The fraction of sp³-hybridized carbons (Fsp3) is 0.102. The summed E-state index contributed by atoms with van der Waals surface area (Å²) in [4.78, 5) is 2.38. The van der Waals surface area contributed by atoms with Gasteiger partial charge in [0.05, 0.1) is 0 Å². The van der Waals surface area contributed by atoms with Crippen LogP contribution in [0.3, 0.4) is 0 Å². The molecule has 10 rings (SSSR count). The maximum Gasteiger partial charge on any atom is 0.143 e. The predicted molar refractivity (Wildman–Crippen MR) is 225 cm³/mol. The Morgan fingerprint density at radius 1 is 0.528 bits per heavy atom. The van der Waals surface area contributed by atoms with E-state index in [9.17, 15) is 0 Å². The van der Waals surface area contributed by atoms with Crippen LogP contribution in [0.5, 0.6) is 0 Å². The predicted octanol–water partition coefficient (Wildman–Crippen LogP) is 14.5. The fourth-order valence-electron chi connectivity index (χ4n) is 8.20. The minimum Gasteiger partial charge on any atom is -0.456 e. The molecule has 0 saturated carbocycles. The van der Waals surface area contributed by atoms with Gasteiger partial charge in [-0.15, -0.1) is 0 Å². The number of hydrogen-bond donors (Lipinski definition) is 0. The first-order valence-corrected chi connectivity index (χ1v) is 19.6. The van der Waals surface area contributed by atoms with Crippen LogP contribution < -0.4 is 4.90 Å². The summed E-state index contributed by atoms with van der Waals surface area (Å²) >= 11 is 1.94. The Kier molecular flexibility index (Phi) is 7.92. The molecule has 0 fully saturated rings. The molecule has 53 heavy (non-hydrogen) atoms. The smallest absolute Gasteiger partial charge is 0.143 e. The molecule has 2 heterocycles. The lowest BCUT2D eigenvalue weighted by molar-refractivity contribution is 0.629. The summed E-state index contributed by atoms with van der Waals surface area (Å²) in [6.07, 6.45) is 9.26. The van der Waals surface area contributed by atoms with Gasteiger partial charge in [-0.05, 0) is 108 Å². The summed E-state index contributed by atoms with van der Waals surface area (Å²) in [5.41, 5.74) is 12.6. The summed E-state index contributed by atoms with van der Waals surface area (Å²) in [7, 11) is 0. The van der Waals surface area contributed by atoms with Crippen molar-refractivity contribution in [3.8, 4) is 22.3 Å². The molecule has 0 radical (unpaired) electrons. The number of benzene rings is 7. The minimum atomic E-state index is 0.500. The van der Waals surface area contributed by atoms with Gasteiger partial charge >= 0.3 is 0 Å². The van der Waals surface area contributed by atoms with E-state index in [2.05, 4.69) is 163 Å². The third-order valence-electron chi connectivity index (χ3n) is 10.9. The highest BCUT2D eigenvalue weighted by atomic mass is 32.2. The lowest BCUT2D eigenvalue weighted by atomic mass is 9.87. The minimum absolute atomic E-state index is 0.500. The van der Waals surface area contributed by atoms with Crippen LogP contribution in [0.4, 0.5) is 17.1 Å². The summed E-state index contributed by atoms with van der Waals surface area (Å²) in [5, 5.41) is 4.91. The van der Waals surface area contributed by atoms with Crippen molar-refractivity contribution >= 4 is 72.7 Å². The lowest BCUT2D eigenvalue weighted by Crippen LogP contribution is -2.16. The van der Waals surface area contributed by atoms with Gasteiger partial charge in [0.15, 0.2) is 0 Å². The highest BCUT2D eigenvalue weighted by molar-refractivity contribution is 7.99.